The highest BCUT2D eigenvalue weighted by molar-refractivity contribution is 7.98. The van der Waals surface area contributed by atoms with Crippen molar-refractivity contribution in [1.82, 2.24) is 0 Å². The van der Waals surface area contributed by atoms with Gasteiger partial charge in [0, 0.05) is 15.7 Å². The first-order valence-electron chi connectivity index (χ1n) is 5.77. The van der Waals surface area contributed by atoms with Crippen LogP contribution in [-0.4, -0.2) is 11.1 Å². The smallest absolute Gasteiger partial charge is 0.335 e. The number of halogens is 1. The molecule has 0 fully saturated rings. The van der Waals surface area contributed by atoms with Gasteiger partial charge in [-0.05, 0) is 48.4 Å². The average molecular weight is 293 g/mol. The molecule has 2 aromatic carbocycles. The number of carboxylic acid groups (broad SMARTS) is 1. The number of aryl methyl sites for hydroxylation is 1. The number of hydrogen-bond donors (Lipinski definition) is 1. The number of rotatable bonds is 4. The Morgan fingerprint density at radius 1 is 1.21 bits per heavy atom. The fraction of sp³-hybridized carbons (Fsp3) is 0.133. The topological polar surface area (TPSA) is 37.3 Å². The quantitative estimate of drug-likeness (QED) is 0.834. The number of carboxylic acids is 1. The molecule has 0 atom stereocenters. The van der Waals surface area contributed by atoms with Crippen LogP contribution in [0.3, 0.4) is 0 Å². The van der Waals surface area contributed by atoms with Crippen molar-refractivity contribution in [2.75, 3.05) is 0 Å². The van der Waals surface area contributed by atoms with Gasteiger partial charge in [0.1, 0.15) is 0 Å². The lowest BCUT2D eigenvalue weighted by Gasteiger charge is -2.05. The van der Waals surface area contributed by atoms with Gasteiger partial charge in [-0.2, -0.15) is 0 Å². The molecule has 2 rings (SSSR count). The van der Waals surface area contributed by atoms with Gasteiger partial charge in [0.25, 0.3) is 0 Å². The summed E-state index contributed by atoms with van der Waals surface area (Å²) in [6.07, 6.45) is 0. The zero-order valence-corrected chi connectivity index (χ0v) is 12.0. The maximum atomic E-state index is 10.7. The molecular formula is C15H13ClO2S. The van der Waals surface area contributed by atoms with Crippen LogP contribution >= 0.6 is 23.4 Å². The Morgan fingerprint density at radius 2 is 1.89 bits per heavy atom. The van der Waals surface area contributed by atoms with Crippen LogP contribution in [0.15, 0.2) is 47.4 Å². The monoisotopic (exact) mass is 292 g/mol. The Morgan fingerprint density at radius 3 is 2.47 bits per heavy atom. The highest BCUT2D eigenvalue weighted by Crippen LogP contribution is 2.27. The number of hydrogen-bond acceptors (Lipinski definition) is 2. The molecule has 0 aromatic heterocycles. The van der Waals surface area contributed by atoms with Crippen molar-refractivity contribution in [3.8, 4) is 0 Å². The van der Waals surface area contributed by atoms with Crippen molar-refractivity contribution in [1.29, 1.82) is 0 Å². The van der Waals surface area contributed by atoms with E-state index in [0.29, 0.717) is 5.56 Å². The Labute approximate surface area is 121 Å². The van der Waals surface area contributed by atoms with Gasteiger partial charge in [-0.3, -0.25) is 0 Å². The van der Waals surface area contributed by atoms with Crippen LogP contribution in [0.4, 0.5) is 0 Å². The molecule has 0 saturated heterocycles. The Hall–Kier alpha value is -1.45. The molecule has 1 N–H and O–H groups in total. The van der Waals surface area contributed by atoms with Gasteiger partial charge < -0.3 is 5.11 Å². The third kappa shape index (κ3) is 3.75. The molecule has 2 nitrogen and oxygen atoms in total. The van der Waals surface area contributed by atoms with E-state index in [4.69, 9.17) is 16.7 Å². The summed E-state index contributed by atoms with van der Waals surface area (Å²) in [5.41, 5.74) is 2.53. The summed E-state index contributed by atoms with van der Waals surface area (Å²) in [4.78, 5) is 11.8. The molecule has 0 saturated carbocycles. The van der Waals surface area contributed by atoms with Gasteiger partial charge in [0.15, 0.2) is 0 Å². The molecule has 0 spiro atoms. The Kier molecular flexibility index (Phi) is 4.51. The summed E-state index contributed by atoms with van der Waals surface area (Å²) >= 11 is 7.81. The number of aromatic carboxylic acids is 1. The van der Waals surface area contributed by atoms with Crippen LogP contribution in [-0.2, 0) is 5.75 Å². The first kappa shape index (κ1) is 14.0. The summed E-state index contributed by atoms with van der Waals surface area (Å²) in [5.74, 6) is -0.135. The van der Waals surface area contributed by atoms with Gasteiger partial charge in [0.05, 0.1) is 5.56 Å². The lowest BCUT2D eigenvalue weighted by molar-refractivity contribution is 0.0697. The van der Waals surface area contributed by atoms with Crippen molar-refractivity contribution < 1.29 is 9.90 Å². The lowest BCUT2D eigenvalue weighted by atomic mass is 10.2. The van der Waals surface area contributed by atoms with Crippen molar-refractivity contribution in [2.24, 2.45) is 0 Å². The molecular weight excluding hydrogens is 280 g/mol. The van der Waals surface area contributed by atoms with Crippen LogP contribution in [0.2, 0.25) is 5.02 Å². The molecule has 2 aromatic rings. The van der Waals surface area contributed by atoms with Crippen LogP contribution in [0, 0.1) is 6.92 Å². The molecule has 0 amide bonds. The molecule has 19 heavy (non-hydrogen) atoms. The van der Waals surface area contributed by atoms with Gasteiger partial charge >= 0.3 is 5.97 Å². The van der Waals surface area contributed by atoms with Crippen LogP contribution in [0.1, 0.15) is 21.5 Å². The van der Waals surface area contributed by atoms with Crippen LogP contribution in [0.5, 0.6) is 0 Å². The highest BCUT2D eigenvalue weighted by atomic mass is 35.5. The maximum Gasteiger partial charge on any atom is 0.335 e. The summed E-state index contributed by atoms with van der Waals surface area (Å²) in [7, 11) is 0. The summed E-state index contributed by atoms with van der Waals surface area (Å²) in [6, 6.07) is 12.9. The SMILES string of the molecule is Cc1ccc(CSc2ccc(C(=O)O)cc2)c(Cl)c1. The summed E-state index contributed by atoms with van der Waals surface area (Å²) in [5, 5.41) is 9.59. The van der Waals surface area contributed by atoms with Gasteiger partial charge in [-0.15, -0.1) is 11.8 Å². The van der Waals surface area contributed by atoms with Crippen molar-refractivity contribution >= 4 is 29.3 Å². The van der Waals surface area contributed by atoms with Crippen LogP contribution < -0.4 is 0 Å². The molecule has 0 aliphatic rings. The number of carbonyl (C=O) groups is 1. The summed E-state index contributed by atoms with van der Waals surface area (Å²) in [6.45, 7) is 2.01. The molecule has 0 heterocycles. The summed E-state index contributed by atoms with van der Waals surface area (Å²) < 4.78 is 0. The number of benzene rings is 2. The molecule has 98 valence electrons. The lowest BCUT2D eigenvalue weighted by Crippen LogP contribution is -1.94. The Balaban J connectivity index is 2.04. The van der Waals surface area contributed by atoms with Gasteiger partial charge in [0.2, 0.25) is 0 Å². The third-order valence-electron chi connectivity index (χ3n) is 2.70. The molecule has 4 heteroatoms. The maximum absolute atomic E-state index is 10.7. The predicted molar refractivity (Wildman–Crippen MR) is 79.2 cm³/mol. The van der Waals surface area contributed by atoms with E-state index in [-0.39, 0.29) is 0 Å². The van der Waals surface area contributed by atoms with E-state index in [9.17, 15) is 4.79 Å². The number of thioether (sulfide) groups is 1. The molecule has 0 aliphatic heterocycles. The van der Waals surface area contributed by atoms with E-state index in [1.165, 1.54) is 0 Å². The van der Waals surface area contributed by atoms with Crippen molar-refractivity contribution in [3.63, 3.8) is 0 Å². The Bertz CT molecular complexity index is 594. The van der Waals surface area contributed by atoms with Gasteiger partial charge in [-0.25, -0.2) is 4.79 Å². The van der Waals surface area contributed by atoms with E-state index < -0.39 is 5.97 Å². The third-order valence-corrected chi connectivity index (χ3v) is 4.12. The van der Waals surface area contributed by atoms with E-state index >= 15 is 0 Å². The average Bonchev–Trinajstić information content (AvgIpc) is 2.38. The minimum Gasteiger partial charge on any atom is -0.478 e. The first-order chi connectivity index (χ1) is 9.06. The van der Waals surface area contributed by atoms with E-state index in [2.05, 4.69) is 0 Å². The first-order valence-corrected chi connectivity index (χ1v) is 7.14. The van der Waals surface area contributed by atoms with Gasteiger partial charge in [-0.1, -0.05) is 23.7 Å². The molecule has 0 bridgehead atoms. The zero-order chi connectivity index (χ0) is 13.8. The van der Waals surface area contributed by atoms with Crippen molar-refractivity contribution in [2.45, 2.75) is 17.6 Å². The minimum absolute atomic E-state index is 0.303. The van der Waals surface area contributed by atoms with E-state index in [1.807, 2.05) is 37.3 Å². The molecule has 0 radical (unpaired) electrons. The van der Waals surface area contributed by atoms with Crippen molar-refractivity contribution in [3.05, 3.63) is 64.2 Å². The second-order valence-corrected chi connectivity index (χ2v) is 5.67. The fourth-order valence-electron chi connectivity index (χ4n) is 1.62. The fourth-order valence-corrected chi connectivity index (χ4v) is 2.91. The highest BCUT2D eigenvalue weighted by Gasteiger charge is 2.04. The zero-order valence-electron chi connectivity index (χ0n) is 10.4. The van der Waals surface area contributed by atoms with Crippen LogP contribution in [0.25, 0.3) is 0 Å². The molecule has 0 aliphatic carbocycles. The second kappa shape index (κ2) is 6.13. The normalized spacial score (nSPS) is 10.4. The predicted octanol–water partition coefficient (Wildman–Crippen LogP) is 4.64. The minimum atomic E-state index is -0.905. The standard InChI is InChI=1S/C15H13ClO2S/c1-10-2-3-12(14(16)8-10)9-19-13-6-4-11(5-7-13)15(17)18/h2-8H,9H2,1H3,(H,17,18). The van der Waals surface area contributed by atoms with E-state index in [1.54, 1.807) is 23.9 Å². The largest absolute Gasteiger partial charge is 0.478 e. The molecule has 0 unspecified atom stereocenters. The van der Waals surface area contributed by atoms with E-state index in [0.717, 1.165) is 26.8 Å². The second-order valence-electron chi connectivity index (χ2n) is 4.21.